The number of hydrogen-bond acceptors (Lipinski definition) is 6. The zero-order valence-corrected chi connectivity index (χ0v) is 11.2. The van der Waals surface area contributed by atoms with E-state index < -0.39 is 0 Å². The first-order valence-corrected chi connectivity index (χ1v) is 7.07. The summed E-state index contributed by atoms with van der Waals surface area (Å²) in [4.78, 5) is 10.8. The molecule has 1 aliphatic heterocycles. The molecule has 0 aromatic carbocycles. The van der Waals surface area contributed by atoms with E-state index in [1.807, 2.05) is 0 Å². The Bertz CT molecular complexity index is 493. The van der Waals surface area contributed by atoms with Gasteiger partial charge < -0.3 is 14.2 Å². The predicted octanol–water partition coefficient (Wildman–Crippen LogP) is 1.13. The Morgan fingerprint density at radius 1 is 1.05 bits per heavy atom. The van der Waals surface area contributed by atoms with E-state index in [-0.39, 0.29) is 0 Å². The van der Waals surface area contributed by atoms with Crippen molar-refractivity contribution in [3.63, 3.8) is 0 Å². The van der Waals surface area contributed by atoms with Crippen molar-refractivity contribution in [3.05, 3.63) is 36.7 Å². The largest absolute Gasteiger partial charge is 0.451 e. The fourth-order valence-corrected chi connectivity index (χ4v) is 3.39. The van der Waals surface area contributed by atoms with E-state index in [0.717, 1.165) is 48.8 Å². The normalized spacial score (nSPS) is 27.9. The Balaban J connectivity index is 1.42. The van der Waals surface area contributed by atoms with E-state index in [2.05, 4.69) is 20.2 Å². The van der Waals surface area contributed by atoms with Crippen LogP contribution in [0.3, 0.4) is 0 Å². The number of fused-ring (bicyclic) bond motifs is 1. The first-order valence-electron chi connectivity index (χ1n) is 7.07. The highest BCUT2D eigenvalue weighted by molar-refractivity contribution is 5.06. The Hall–Kier alpha value is -1.66. The Labute approximate surface area is 117 Å². The third-order valence-electron chi connectivity index (χ3n) is 4.48. The Morgan fingerprint density at radius 3 is 2.15 bits per heavy atom. The minimum Gasteiger partial charge on any atom is -0.451 e. The molecule has 6 nitrogen and oxygen atoms in total. The second-order valence-electron chi connectivity index (χ2n) is 5.78. The summed E-state index contributed by atoms with van der Waals surface area (Å²) in [7, 11) is 0. The highest BCUT2D eigenvalue weighted by Crippen LogP contribution is 2.49. The highest BCUT2D eigenvalue weighted by atomic mass is 16.3. The third kappa shape index (κ3) is 2.36. The van der Waals surface area contributed by atoms with Gasteiger partial charge in [-0.3, -0.25) is 4.90 Å². The monoisotopic (exact) mass is 274 g/mol. The second-order valence-corrected chi connectivity index (χ2v) is 5.78. The van der Waals surface area contributed by atoms with E-state index in [1.165, 1.54) is 25.9 Å². The van der Waals surface area contributed by atoms with Crippen molar-refractivity contribution in [2.75, 3.05) is 19.6 Å². The molecule has 2 aliphatic rings. The van der Waals surface area contributed by atoms with Crippen LogP contribution in [-0.2, 0) is 13.1 Å². The maximum Gasteiger partial charge on any atom is 0.180 e. The van der Waals surface area contributed by atoms with Crippen LogP contribution in [0.4, 0.5) is 0 Å². The van der Waals surface area contributed by atoms with Gasteiger partial charge in [-0.25, -0.2) is 9.97 Å². The predicted molar refractivity (Wildman–Crippen MR) is 70.5 cm³/mol. The molecule has 2 unspecified atom stereocenters. The van der Waals surface area contributed by atoms with Crippen LogP contribution < -0.4 is 5.32 Å². The second kappa shape index (κ2) is 5.03. The average Bonchev–Trinajstić information content (AvgIpc) is 3.01. The summed E-state index contributed by atoms with van der Waals surface area (Å²) in [6, 6.07) is 0. The van der Waals surface area contributed by atoms with Gasteiger partial charge in [0.15, 0.2) is 12.8 Å². The molecule has 0 radical (unpaired) electrons. The van der Waals surface area contributed by atoms with E-state index in [0.29, 0.717) is 0 Å². The molecule has 3 heterocycles. The smallest absolute Gasteiger partial charge is 0.180 e. The van der Waals surface area contributed by atoms with Gasteiger partial charge >= 0.3 is 0 Å². The number of piperidine rings is 1. The molecule has 2 aromatic rings. The summed E-state index contributed by atoms with van der Waals surface area (Å²) in [5.74, 6) is 2.55. The van der Waals surface area contributed by atoms with Gasteiger partial charge in [0.05, 0.1) is 11.4 Å². The van der Waals surface area contributed by atoms with Crippen molar-refractivity contribution >= 4 is 0 Å². The van der Waals surface area contributed by atoms with Crippen molar-refractivity contribution in [1.82, 2.24) is 20.2 Å². The summed E-state index contributed by atoms with van der Waals surface area (Å²) in [5, 5.41) is 3.44. The topological polar surface area (TPSA) is 67.3 Å². The molecule has 6 heteroatoms. The third-order valence-corrected chi connectivity index (χ3v) is 4.48. The number of hydrogen-bond donors (Lipinski definition) is 1. The quantitative estimate of drug-likeness (QED) is 0.851. The van der Waals surface area contributed by atoms with Gasteiger partial charge in [-0.05, 0) is 30.8 Å². The number of nitrogens with zero attached hydrogens (tertiary/aromatic N) is 3. The lowest BCUT2D eigenvalue weighted by Gasteiger charge is -2.21. The lowest BCUT2D eigenvalue weighted by atomic mass is 10.2. The maximum atomic E-state index is 5.06. The van der Waals surface area contributed by atoms with Crippen LogP contribution in [0.1, 0.15) is 11.4 Å². The number of nitrogens with one attached hydrogen (secondary N) is 1. The fraction of sp³-hybridized carbons (Fsp3) is 0.571. The van der Waals surface area contributed by atoms with Crippen molar-refractivity contribution in [3.8, 4) is 0 Å². The van der Waals surface area contributed by atoms with Crippen LogP contribution in [0.25, 0.3) is 0 Å². The first-order chi connectivity index (χ1) is 9.90. The van der Waals surface area contributed by atoms with Gasteiger partial charge in [-0.2, -0.15) is 0 Å². The molecular formula is C14H18N4O2. The molecule has 1 saturated carbocycles. The van der Waals surface area contributed by atoms with Crippen LogP contribution in [0.15, 0.2) is 34.1 Å². The fourth-order valence-electron chi connectivity index (χ4n) is 3.39. The van der Waals surface area contributed by atoms with Crippen molar-refractivity contribution in [2.24, 2.45) is 17.8 Å². The molecule has 0 spiro atoms. The van der Waals surface area contributed by atoms with Crippen LogP contribution in [0.2, 0.25) is 0 Å². The van der Waals surface area contributed by atoms with Gasteiger partial charge in [-0.15, -0.1) is 0 Å². The minimum absolute atomic E-state index is 0.798. The molecule has 1 N–H and O–H groups in total. The summed E-state index contributed by atoms with van der Waals surface area (Å²) in [6.45, 7) is 5.05. The molecule has 106 valence electrons. The average molecular weight is 274 g/mol. The molecular weight excluding hydrogens is 256 g/mol. The minimum atomic E-state index is 0.798. The molecule has 1 saturated heterocycles. The van der Waals surface area contributed by atoms with Gasteiger partial charge in [0.1, 0.15) is 12.5 Å². The molecule has 20 heavy (non-hydrogen) atoms. The Kier molecular flexibility index (Phi) is 3.05. The SMILES string of the molecule is c1nc(CN(Cc2cocn2)CC2C3CNCC32)co1. The number of rotatable bonds is 6. The van der Waals surface area contributed by atoms with Gasteiger partial charge in [0, 0.05) is 19.6 Å². The molecule has 2 aromatic heterocycles. The van der Waals surface area contributed by atoms with E-state index in [4.69, 9.17) is 8.83 Å². The molecule has 2 atom stereocenters. The number of aromatic nitrogens is 2. The maximum absolute atomic E-state index is 5.06. The van der Waals surface area contributed by atoms with Gasteiger partial charge in [0.25, 0.3) is 0 Å². The zero-order chi connectivity index (χ0) is 13.4. The van der Waals surface area contributed by atoms with Crippen LogP contribution >= 0.6 is 0 Å². The van der Waals surface area contributed by atoms with Crippen molar-refractivity contribution in [2.45, 2.75) is 13.1 Å². The number of oxazole rings is 2. The molecule has 0 bridgehead atoms. The lowest BCUT2D eigenvalue weighted by molar-refractivity contribution is 0.229. The molecule has 4 rings (SSSR count). The summed E-state index contributed by atoms with van der Waals surface area (Å²) in [6.07, 6.45) is 6.40. The van der Waals surface area contributed by atoms with E-state index >= 15 is 0 Å². The van der Waals surface area contributed by atoms with E-state index in [9.17, 15) is 0 Å². The van der Waals surface area contributed by atoms with Gasteiger partial charge in [-0.1, -0.05) is 0 Å². The van der Waals surface area contributed by atoms with Gasteiger partial charge in [0.2, 0.25) is 0 Å². The van der Waals surface area contributed by atoms with Crippen LogP contribution in [-0.4, -0.2) is 34.5 Å². The van der Waals surface area contributed by atoms with E-state index in [1.54, 1.807) is 12.5 Å². The lowest BCUT2D eigenvalue weighted by Crippen LogP contribution is -2.28. The molecule has 1 aliphatic carbocycles. The zero-order valence-electron chi connectivity index (χ0n) is 11.2. The molecule has 0 amide bonds. The van der Waals surface area contributed by atoms with Crippen LogP contribution in [0, 0.1) is 17.8 Å². The standard InChI is InChI=1S/C14H18N4O2/c1-12-13(2-15-1)14(12)5-18(3-10-6-19-8-16-10)4-11-7-20-9-17-11/h6-9,12-15H,1-5H2. The summed E-state index contributed by atoms with van der Waals surface area (Å²) < 4.78 is 10.1. The highest BCUT2D eigenvalue weighted by Gasteiger charge is 2.52. The van der Waals surface area contributed by atoms with Crippen molar-refractivity contribution < 1.29 is 8.83 Å². The molecule has 2 fully saturated rings. The van der Waals surface area contributed by atoms with Crippen LogP contribution in [0.5, 0.6) is 0 Å². The summed E-state index contributed by atoms with van der Waals surface area (Å²) in [5.41, 5.74) is 1.94. The van der Waals surface area contributed by atoms with Crippen molar-refractivity contribution in [1.29, 1.82) is 0 Å². The summed E-state index contributed by atoms with van der Waals surface area (Å²) >= 11 is 0. The Morgan fingerprint density at radius 2 is 1.65 bits per heavy atom. The first kappa shape index (κ1) is 12.1.